The Balaban J connectivity index is 3.20. The maximum atomic E-state index is 11.9. The Bertz CT molecular complexity index is 387. The SMILES string of the molecule is CCOC(=O)c1cncc(C)c1N(CC)CC. The van der Waals surface area contributed by atoms with Crippen molar-refractivity contribution in [2.45, 2.75) is 27.7 Å². The summed E-state index contributed by atoms with van der Waals surface area (Å²) in [6, 6.07) is 0. The number of aromatic nitrogens is 1. The van der Waals surface area contributed by atoms with Gasteiger partial charge in [-0.25, -0.2) is 4.79 Å². The van der Waals surface area contributed by atoms with Gasteiger partial charge in [-0.1, -0.05) is 0 Å². The molecule has 0 radical (unpaired) electrons. The van der Waals surface area contributed by atoms with Gasteiger partial charge in [0.15, 0.2) is 0 Å². The highest BCUT2D eigenvalue weighted by Crippen LogP contribution is 2.24. The molecule has 94 valence electrons. The molecule has 1 aromatic heterocycles. The van der Waals surface area contributed by atoms with E-state index in [1.54, 1.807) is 19.3 Å². The summed E-state index contributed by atoms with van der Waals surface area (Å²) in [7, 11) is 0. The van der Waals surface area contributed by atoms with Crippen LogP contribution in [0.25, 0.3) is 0 Å². The number of ether oxygens (including phenoxy) is 1. The number of pyridine rings is 1. The molecular weight excluding hydrogens is 216 g/mol. The van der Waals surface area contributed by atoms with E-state index in [1.807, 2.05) is 6.92 Å². The fourth-order valence-corrected chi connectivity index (χ4v) is 1.88. The Kier molecular flexibility index (Phi) is 4.94. The standard InChI is InChI=1S/C13H20N2O2/c1-5-15(6-2)12-10(4)8-14-9-11(12)13(16)17-7-3/h8-9H,5-7H2,1-4H3. The number of esters is 1. The third-order valence-corrected chi connectivity index (χ3v) is 2.68. The molecule has 1 rings (SSSR count). The van der Waals surface area contributed by atoms with Crippen LogP contribution < -0.4 is 4.90 Å². The zero-order valence-electron chi connectivity index (χ0n) is 11.0. The van der Waals surface area contributed by atoms with Gasteiger partial charge in [0, 0.05) is 25.5 Å². The van der Waals surface area contributed by atoms with Crippen molar-refractivity contribution in [3.63, 3.8) is 0 Å². The second kappa shape index (κ2) is 6.23. The molecular formula is C13H20N2O2. The Labute approximate surface area is 103 Å². The Hall–Kier alpha value is -1.58. The van der Waals surface area contributed by atoms with Gasteiger partial charge in [-0.3, -0.25) is 4.98 Å². The van der Waals surface area contributed by atoms with Crippen molar-refractivity contribution < 1.29 is 9.53 Å². The predicted octanol–water partition coefficient (Wildman–Crippen LogP) is 2.41. The molecule has 4 heteroatoms. The zero-order valence-corrected chi connectivity index (χ0v) is 11.0. The summed E-state index contributed by atoms with van der Waals surface area (Å²) >= 11 is 0. The average molecular weight is 236 g/mol. The third kappa shape index (κ3) is 2.96. The zero-order chi connectivity index (χ0) is 12.8. The van der Waals surface area contributed by atoms with E-state index >= 15 is 0 Å². The van der Waals surface area contributed by atoms with Crippen molar-refractivity contribution in [1.29, 1.82) is 0 Å². The highest BCUT2D eigenvalue weighted by Gasteiger charge is 2.18. The lowest BCUT2D eigenvalue weighted by Crippen LogP contribution is -2.25. The second-order valence-corrected chi connectivity index (χ2v) is 3.75. The van der Waals surface area contributed by atoms with Crippen molar-refractivity contribution in [3.05, 3.63) is 23.5 Å². The lowest BCUT2D eigenvalue weighted by atomic mass is 10.1. The van der Waals surface area contributed by atoms with Crippen LogP contribution in [0.3, 0.4) is 0 Å². The Morgan fingerprint density at radius 3 is 2.47 bits per heavy atom. The van der Waals surface area contributed by atoms with Crippen LogP contribution >= 0.6 is 0 Å². The fourth-order valence-electron chi connectivity index (χ4n) is 1.88. The smallest absolute Gasteiger partial charge is 0.341 e. The van der Waals surface area contributed by atoms with Crippen LogP contribution in [0, 0.1) is 6.92 Å². The lowest BCUT2D eigenvalue weighted by molar-refractivity contribution is 0.0526. The van der Waals surface area contributed by atoms with Crippen LogP contribution in [0.4, 0.5) is 5.69 Å². The first-order valence-electron chi connectivity index (χ1n) is 6.02. The van der Waals surface area contributed by atoms with E-state index in [0.717, 1.165) is 24.3 Å². The Morgan fingerprint density at radius 1 is 1.29 bits per heavy atom. The normalized spacial score (nSPS) is 10.1. The van der Waals surface area contributed by atoms with Crippen LogP contribution in [-0.2, 0) is 4.74 Å². The largest absolute Gasteiger partial charge is 0.462 e. The fraction of sp³-hybridized carbons (Fsp3) is 0.538. The van der Waals surface area contributed by atoms with E-state index in [-0.39, 0.29) is 5.97 Å². The molecule has 0 atom stereocenters. The molecule has 0 bridgehead atoms. The van der Waals surface area contributed by atoms with Crippen LogP contribution in [0.15, 0.2) is 12.4 Å². The molecule has 1 heterocycles. The Morgan fingerprint density at radius 2 is 1.94 bits per heavy atom. The summed E-state index contributed by atoms with van der Waals surface area (Å²) < 4.78 is 5.06. The van der Waals surface area contributed by atoms with Gasteiger partial charge in [0.25, 0.3) is 0 Å². The van der Waals surface area contributed by atoms with E-state index in [2.05, 4.69) is 23.7 Å². The van der Waals surface area contributed by atoms with E-state index in [4.69, 9.17) is 4.74 Å². The van der Waals surface area contributed by atoms with Gasteiger partial charge in [0.05, 0.1) is 12.3 Å². The maximum Gasteiger partial charge on any atom is 0.341 e. The van der Waals surface area contributed by atoms with E-state index in [9.17, 15) is 4.79 Å². The van der Waals surface area contributed by atoms with Crippen molar-refractivity contribution in [3.8, 4) is 0 Å². The summed E-state index contributed by atoms with van der Waals surface area (Å²) in [4.78, 5) is 18.1. The molecule has 0 aliphatic heterocycles. The first-order valence-corrected chi connectivity index (χ1v) is 6.02. The highest BCUT2D eigenvalue weighted by atomic mass is 16.5. The van der Waals surface area contributed by atoms with Crippen molar-refractivity contribution in [1.82, 2.24) is 4.98 Å². The molecule has 17 heavy (non-hydrogen) atoms. The van der Waals surface area contributed by atoms with Crippen molar-refractivity contribution >= 4 is 11.7 Å². The summed E-state index contributed by atoms with van der Waals surface area (Å²) in [6.45, 7) is 9.99. The molecule has 0 unspecified atom stereocenters. The van der Waals surface area contributed by atoms with Crippen LogP contribution in [0.2, 0.25) is 0 Å². The van der Waals surface area contributed by atoms with E-state index < -0.39 is 0 Å². The number of nitrogens with zero attached hydrogens (tertiary/aromatic N) is 2. The number of rotatable bonds is 5. The van der Waals surface area contributed by atoms with Gasteiger partial charge in [-0.05, 0) is 33.3 Å². The molecule has 0 aromatic carbocycles. The summed E-state index contributed by atoms with van der Waals surface area (Å²) in [6.07, 6.45) is 3.36. The summed E-state index contributed by atoms with van der Waals surface area (Å²) in [5.41, 5.74) is 2.48. The molecule has 0 N–H and O–H groups in total. The predicted molar refractivity (Wildman–Crippen MR) is 68.5 cm³/mol. The quantitative estimate of drug-likeness (QED) is 0.736. The highest BCUT2D eigenvalue weighted by molar-refractivity contribution is 5.96. The van der Waals surface area contributed by atoms with Crippen LogP contribution in [0.5, 0.6) is 0 Å². The van der Waals surface area contributed by atoms with Crippen LogP contribution in [-0.4, -0.2) is 30.6 Å². The molecule has 0 aliphatic rings. The monoisotopic (exact) mass is 236 g/mol. The topological polar surface area (TPSA) is 42.4 Å². The number of carbonyl (C=O) groups excluding carboxylic acids is 1. The molecule has 0 aliphatic carbocycles. The molecule has 0 amide bonds. The van der Waals surface area contributed by atoms with Gasteiger partial charge in [-0.15, -0.1) is 0 Å². The van der Waals surface area contributed by atoms with Gasteiger partial charge in [0.1, 0.15) is 5.56 Å². The number of carbonyl (C=O) groups is 1. The molecule has 0 saturated carbocycles. The first-order chi connectivity index (χ1) is 8.15. The molecule has 0 fully saturated rings. The van der Waals surface area contributed by atoms with Crippen molar-refractivity contribution in [2.24, 2.45) is 0 Å². The van der Waals surface area contributed by atoms with Gasteiger partial charge in [0.2, 0.25) is 0 Å². The average Bonchev–Trinajstić information content (AvgIpc) is 2.32. The minimum absolute atomic E-state index is 0.300. The number of hydrogen-bond donors (Lipinski definition) is 0. The van der Waals surface area contributed by atoms with Gasteiger partial charge < -0.3 is 9.64 Å². The number of aryl methyl sites for hydroxylation is 1. The second-order valence-electron chi connectivity index (χ2n) is 3.75. The molecule has 1 aromatic rings. The van der Waals surface area contributed by atoms with Crippen molar-refractivity contribution in [2.75, 3.05) is 24.6 Å². The minimum Gasteiger partial charge on any atom is -0.462 e. The molecule has 0 spiro atoms. The number of hydrogen-bond acceptors (Lipinski definition) is 4. The van der Waals surface area contributed by atoms with E-state index in [0.29, 0.717) is 12.2 Å². The summed E-state index contributed by atoms with van der Waals surface area (Å²) in [5.74, 6) is -0.300. The van der Waals surface area contributed by atoms with Gasteiger partial charge >= 0.3 is 5.97 Å². The molecule has 4 nitrogen and oxygen atoms in total. The van der Waals surface area contributed by atoms with E-state index in [1.165, 1.54) is 0 Å². The minimum atomic E-state index is -0.300. The first kappa shape index (κ1) is 13.5. The maximum absolute atomic E-state index is 11.9. The van der Waals surface area contributed by atoms with Gasteiger partial charge in [-0.2, -0.15) is 0 Å². The molecule has 0 saturated heterocycles. The number of anilines is 1. The lowest BCUT2D eigenvalue weighted by Gasteiger charge is -2.25. The van der Waals surface area contributed by atoms with Crippen LogP contribution in [0.1, 0.15) is 36.7 Å². The summed E-state index contributed by atoms with van der Waals surface area (Å²) in [5, 5.41) is 0. The third-order valence-electron chi connectivity index (χ3n) is 2.68.